The number of anilines is 1. The molecular weight excluding hydrogens is 443 g/mol. The fraction of sp³-hybridized carbons (Fsp3) is 0.222. The summed E-state index contributed by atoms with van der Waals surface area (Å²) in [5.41, 5.74) is -0.744. The van der Waals surface area contributed by atoms with E-state index in [4.69, 9.17) is 9.47 Å². The van der Waals surface area contributed by atoms with E-state index < -0.39 is 23.1 Å². The molecule has 3 rings (SSSR count). The van der Waals surface area contributed by atoms with E-state index in [0.717, 1.165) is 6.07 Å². The number of amides is 1. The fourth-order valence-electron chi connectivity index (χ4n) is 3.85. The molecule has 4 nitrogen and oxygen atoms in total. The first kappa shape index (κ1) is 25.1. The molecule has 0 aromatic heterocycles. The van der Waals surface area contributed by atoms with E-state index in [1.807, 2.05) is 60.7 Å². The summed E-state index contributed by atoms with van der Waals surface area (Å²) in [6.07, 6.45) is -2.79. The molecule has 0 bridgehead atoms. The second-order valence-corrected chi connectivity index (χ2v) is 7.63. The summed E-state index contributed by atoms with van der Waals surface area (Å²) in [4.78, 5) is 13.8. The number of carbonyl (C=O) groups is 1. The third-order valence-corrected chi connectivity index (χ3v) is 5.46. The number of rotatable bonds is 10. The van der Waals surface area contributed by atoms with Gasteiger partial charge in [0.05, 0.1) is 12.2 Å². The maximum Gasteiger partial charge on any atom is 0.420 e. The Morgan fingerprint density at radius 1 is 0.941 bits per heavy atom. The lowest BCUT2D eigenvalue weighted by molar-refractivity contribution is -0.139. The normalized spacial score (nSPS) is 11.6. The molecule has 3 aromatic rings. The lowest BCUT2D eigenvalue weighted by atomic mass is 9.71. The molecule has 0 fully saturated rings. The molecule has 0 aliphatic heterocycles. The lowest BCUT2D eigenvalue weighted by Gasteiger charge is -2.33. The molecule has 0 heterocycles. The highest BCUT2D eigenvalue weighted by molar-refractivity contribution is 6.02. The van der Waals surface area contributed by atoms with E-state index >= 15 is 0 Å². The van der Waals surface area contributed by atoms with E-state index in [1.165, 1.54) is 19.2 Å². The van der Waals surface area contributed by atoms with Gasteiger partial charge in [-0.05, 0) is 35.7 Å². The van der Waals surface area contributed by atoms with E-state index in [1.54, 1.807) is 6.08 Å². The quantitative estimate of drug-likeness (QED) is 0.283. The molecule has 3 aromatic carbocycles. The first-order valence-electron chi connectivity index (χ1n) is 10.7. The van der Waals surface area contributed by atoms with Gasteiger partial charge in [-0.2, -0.15) is 13.2 Å². The van der Waals surface area contributed by atoms with Crippen LogP contribution in [0.2, 0.25) is 0 Å². The van der Waals surface area contributed by atoms with Gasteiger partial charge in [0.2, 0.25) is 5.91 Å². The minimum atomic E-state index is -4.67. The summed E-state index contributed by atoms with van der Waals surface area (Å²) in [6.45, 7) is 3.94. The number of ether oxygens (including phenoxy) is 2. The van der Waals surface area contributed by atoms with Gasteiger partial charge in [0.1, 0.15) is 17.8 Å². The molecule has 0 aliphatic rings. The van der Waals surface area contributed by atoms with Crippen molar-refractivity contribution in [2.75, 3.05) is 25.6 Å². The standard InChI is InChI=1S/C27H26F3NO3/c1-3-16-26(20-10-6-4-7-11-20,21-12-8-5-9-13-21)25(32)31-22-14-15-24(34-18-17-33-2)23(19-22)27(28,29)30/h3-15,19H,1,16-18H2,2H3,(H,31,32). The Hall–Kier alpha value is -3.58. The van der Waals surface area contributed by atoms with Crippen LogP contribution < -0.4 is 10.1 Å². The zero-order valence-electron chi connectivity index (χ0n) is 18.8. The molecule has 0 radical (unpaired) electrons. The van der Waals surface area contributed by atoms with Gasteiger partial charge < -0.3 is 14.8 Å². The third-order valence-electron chi connectivity index (χ3n) is 5.46. The molecule has 7 heteroatoms. The molecule has 0 saturated carbocycles. The minimum absolute atomic E-state index is 0.0108. The average Bonchev–Trinajstić information content (AvgIpc) is 2.84. The average molecular weight is 470 g/mol. The highest BCUT2D eigenvalue weighted by Crippen LogP contribution is 2.40. The zero-order valence-corrected chi connectivity index (χ0v) is 18.8. The Labute approximate surface area is 197 Å². The Bertz CT molecular complexity index is 1060. The lowest BCUT2D eigenvalue weighted by Crippen LogP contribution is -2.41. The minimum Gasteiger partial charge on any atom is -0.491 e. The summed E-state index contributed by atoms with van der Waals surface area (Å²) in [7, 11) is 1.43. The van der Waals surface area contributed by atoms with Crippen molar-refractivity contribution in [1.29, 1.82) is 0 Å². The molecule has 0 aliphatic carbocycles. The highest BCUT2D eigenvalue weighted by Gasteiger charge is 2.41. The molecule has 0 atom stereocenters. The van der Waals surface area contributed by atoms with Crippen LogP contribution in [0.5, 0.6) is 5.75 Å². The maximum atomic E-state index is 13.8. The van der Waals surface area contributed by atoms with Crippen LogP contribution in [-0.2, 0) is 21.1 Å². The van der Waals surface area contributed by atoms with Crippen LogP contribution in [0.4, 0.5) is 18.9 Å². The van der Waals surface area contributed by atoms with E-state index in [2.05, 4.69) is 11.9 Å². The number of hydrogen-bond donors (Lipinski definition) is 1. The van der Waals surface area contributed by atoms with Crippen molar-refractivity contribution in [2.24, 2.45) is 0 Å². The zero-order chi connectivity index (χ0) is 24.6. The number of halogens is 3. The number of alkyl halides is 3. The van der Waals surface area contributed by atoms with Crippen molar-refractivity contribution >= 4 is 11.6 Å². The smallest absolute Gasteiger partial charge is 0.420 e. The van der Waals surface area contributed by atoms with Crippen LogP contribution in [-0.4, -0.2) is 26.2 Å². The van der Waals surface area contributed by atoms with Gasteiger partial charge in [-0.15, -0.1) is 6.58 Å². The number of hydrogen-bond acceptors (Lipinski definition) is 3. The molecule has 0 saturated heterocycles. The maximum absolute atomic E-state index is 13.8. The van der Waals surface area contributed by atoms with Crippen LogP contribution in [0.25, 0.3) is 0 Å². The molecule has 178 valence electrons. The number of carbonyl (C=O) groups excluding carboxylic acids is 1. The summed E-state index contributed by atoms with van der Waals surface area (Å²) in [6, 6.07) is 21.7. The van der Waals surface area contributed by atoms with Crippen LogP contribution >= 0.6 is 0 Å². The number of methoxy groups -OCH3 is 1. The van der Waals surface area contributed by atoms with Gasteiger partial charge in [-0.1, -0.05) is 66.7 Å². The summed E-state index contributed by atoms with van der Waals surface area (Å²) < 4.78 is 51.2. The van der Waals surface area contributed by atoms with E-state index in [0.29, 0.717) is 11.1 Å². The molecule has 34 heavy (non-hydrogen) atoms. The number of nitrogens with one attached hydrogen (secondary N) is 1. The first-order chi connectivity index (χ1) is 16.3. The first-order valence-corrected chi connectivity index (χ1v) is 10.7. The summed E-state index contributed by atoms with van der Waals surface area (Å²) >= 11 is 0. The van der Waals surface area contributed by atoms with Crippen molar-refractivity contribution in [3.05, 3.63) is 108 Å². The van der Waals surface area contributed by atoms with Crippen molar-refractivity contribution in [3.63, 3.8) is 0 Å². The van der Waals surface area contributed by atoms with Crippen molar-refractivity contribution in [3.8, 4) is 5.75 Å². The Morgan fingerprint density at radius 3 is 2.03 bits per heavy atom. The van der Waals surface area contributed by atoms with Crippen molar-refractivity contribution in [1.82, 2.24) is 0 Å². The summed E-state index contributed by atoms with van der Waals surface area (Å²) in [5, 5.41) is 2.70. The van der Waals surface area contributed by atoms with Gasteiger partial charge in [0.15, 0.2) is 0 Å². The predicted molar refractivity (Wildman–Crippen MR) is 126 cm³/mol. The largest absolute Gasteiger partial charge is 0.491 e. The number of benzene rings is 3. The van der Waals surface area contributed by atoms with Crippen LogP contribution in [0.15, 0.2) is 91.5 Å². The third kappa shape index (κ3) is 5.48. The number of allylic oxidation sites excluding steroid dienone is 1. The molecule has 1 amide bonds. The molecule has 0 spiro atoms. The Balaban J connectivity index is 2.04. The van der Waals surface area contributed by atoms with Gasteiger partial charge >= 0.3 is 6.18 Å². The Kier molecular flexibility index (Phi) is 8.12. The van der Waals surface area contributed by atoms with Crippen LogP contribution in [0.1, 0.15) is 23.1 Å². The summed E-state index contributed by atoms with van der Waals surface area (Å²) in [5.74, 6) is -0.794. The highest BCUT2D eigenvalue weighted by atomic mass is 19.4. The van der Waals surface area contributed by atoms with E-state index in [9.17, 15) is 18.0 Å². The van der Waals surface area contributed by atoms with Crippen LogP contribution in [0.3, 0.4) is 0 Å². The van der Waals surface area contributed by atoms with E-state index in [-0.39, 0.29) is 31.1 Å². The molecule has 1 N–H and O–H groups in total. The van der Waals surface area contributed by atoms with Gasteiger partial charge in [0.25, 0.3) is 0 Å². The SMILES string of the molecule is C=CCC(C(=O)Nc1ccc(OCCOC)c(C(F)(F)F)c1)(c1ccccc1)c1ccccc1. The predicted octanol–water partition coefficient (Wildman–Crippen LogP) is 6.23. The second-order valence-electron chi connectivity index (χ2n) is 7.63. The van der Waals surface area contributed by atoms with Crippen LogP contribution in [0, 0.1) is 0 Å². The van der Waals surface area contributed by atoms with Gasteiger partial charge in [-0.3, -0.25) is 4.79 Å². The van der Waals surface area contributed by atoms with Gasteiger partial charge in [-0.25, -0.2) is 0 Å². The fourth-order valence-corrected chi connectivity index (χ4v) is 3.85. The molecular formula is C27H26F3NO3. The van der Waals surface area contributed by atoms with Gasteiger partial charge in [0, 0.05) is 12.8 Å². The Morgan fingerprint density at radius 2 is 1.53 bits per heavy atom. The topological polar surface area (TPSA) is 47.6 Å². The monoisotopic (exact) mass is 469 g/mol. The molecule has 0 unspecified atom stereocenters. The van der Waals surface area contributed by atoms with Crippen molar-refractivity contribution in [2.45, 2.75) is 18.0 Å². The van der Waals surface area contributed by atoms with Crippen molar-refractivity contribution < 1.29 is 27.4 Å². The second kappa shape index (κ2) is 11.0.